The van der Waals surface area contributed by atoms with Crippen molar-refractivity contribution in [1.29, 1.82) is 0 Å². The molecule has 464 valence electrons. The molecule has 29 heteroatoms. The summed E-state index contributed by atoms with van der Waals surface area (Å²) >= 11 is 0. The molecule has 0 atom stereocenters. The minimum absolute atomic E-state index is 0. The molecule has 0 aromatic heterocycles. The van der Waals surface area contributed by atoms with Gasteiger partial charge in [-0.2, -0.15) is 10.2 Å². The summed E-state index contributed by atoms with van der Waals surface area (Å²) in [5.41, 5.74) is -0.507. The third-order valence-electron chi connectivity index (χ3n) is 15.8. The molecule has 0 amide bonds. The van der Waals surface area contributed by atoms with E-state index in [1.54, 1.807) is 48.5 Å². The topological polar surface area (TPSA) is 353 Å². The Morgan fingerprint density at radius 1 is 0.329 bits per heavy atom. The minimum Gasteiger partial charge on any atom is -0.487 e. The van der Waals surface area contributed by atoms with Gasteiger partial charge < -0.3 is 56.0 Å². The number of rotatable bonds is 4. The Morgan fingerprint density at radius 2 is 0.506 bits per heavy atom. The summed E-state index contributed by atoms with van der Waals surface area (Å²) in [7, 11) is -17.7. The number of halogens is 2. The molecule has 14 rings (SSSR count). The fourth-order valence-corrected chi connectivity index (χ4v) is 17.4. The van der Waals surface area contributed by atoms with E-state index >= 15 is 0 Å². The van der Waals surface area contributed by atoms with E-state index in [0.717, 1.165) is 38.5 Å². The number of hydrogen-bond acceptors (Lipinski definition) is 22. The molecule has 0 saturated heterocycles. The fourth-order valence-electron chi connectivity index (χ4n) is 13.8. The van der Waals surface area contributed by atoms with Crippen molar-refractivity contribution in [3.63, 3.8) is 0 Å². The standard InChI is InChI=1S/2C28H36NO7P.Ca.2ClHO4/c2*30-37(29-28-18-21-15-22(19-28)17-23(16-21)20-28)35-26-7-3-1-5-24(26)33-13-11-31-9-10-32-12-14-34-25-6-2-4-8-27(25)36-37;;2*2-1(3,4)5/h2*1-8,21-23H,9-20H2,(H,29,30);;2*(H,2,3,4,5)/q;;+2;;/p-2. The van der Waals surface area contributed by atoms with Gasteiger partial charge in [-0.3, -0.25) is 0 Å². The van der Waals surface area contributed by atoms with Crippen LogP contribution in [0.1, 0.15) is 77.0 Å². The summed E-state index contributed by atoms with van der Waals surface area (Å²) < 4.78 is 169. The Labute approximate surface area is 528 Å². The van der Waals surface area contributed by atoms with Crippen molar-refractivity contribution in [3.8, 4) is 46.0 Å². The van der Waals surface area contributed by atoms with Crippen LogP contribution in [0.5, 0.6) is 46.0 Å². The smallest absolute Gasteiger partial charge is 0.487 e. The quantitative estimate of drug-likeness (QED) is 0.215. The van der Waals surface area contributed by atoms with Crippen LogP contribution in [-0.4, -0.2) is 128 Å². The zero-order valence-electron chi connectivity index (χ0n) is 47.0. The summed E-state index contributed by atoms with van der Waals surface area (Å²) in [4.78, 5) is 0. The number of para-hydroxylation sites is 8. The van der Waals surface area contributed by atoms with Crippen molar-refractivity contribution in [1.82, 2.24) is 10.2 Å². The fraction of sp³-hybridized carbons (Fsp3) is 0.571. The first-order valence-electron chi connectivity index (χ1n) is 28.2. The maximum atomic E-state index is 14.7. The van der Waals surface area contributed by atoms with E-state index < -0.39 is 36.0 Å². The third kappa shape index (κ3) is 21.6. The number of hydrogen-bond donors (Lipinski definition) is 2. The van der Waals surface area contributed by atoms with Gasteiger partial charge in [-0.1, -0.05) is 48.5 Å². The van der Waals surface area contributed by atoms with Crippen molar-refractivity contribution in [2.24, 2.45) is 35.5 Å². The zero-order valence-corrected chi connectivity index (χ0v) is 52.5. The molecule has 8 fully saturated rings. The molecule has 10 aliphatic rings. The van der Waals surface area contributed by atoms with Gasteiger partial charge in [0.1, 0.15) is 26.4 Å². The summed E-state index contributed by atoms with van der Waals surface area (Å²) in [6, 6.07) is 29.1. The van der Waals surface area contributed by atoms with Crippen molar-refractivity contribution >= 4 is 53.2 Å². The Bertz CT molecular complexity index is 2440. The number of ether oxygens (including phenoxy) is 8. The van der Waals surface area contributed by atoms with E-state index in [-0.39, 0.29) is 48.8 Å². The van der Waals surface area contributed by atoms with Crippen molar-refractivity contribution in [2.75, 3.05) is 79.3 Å². The normalized spacial score (nSPS) is 28.8. The summed E-state index contributed by atoms with van der Waals surface area (Å²) in [6.07, 6.45) is 13.7. The molecule has 8 bridgehead atoms. The van der Waals surface area contributed by atoms with Crippen LogP contribution in [0.4, 0.5) is 0 Å². The Morgan fingerprint density at radius 3 is 0.706 bits per heavy atom. The summed E-state index contributed by atoms with van der Waals surface area (Å²) in [5.74, 6) is 7.49. The van der Waals surface area contributed by atoms with Gasteiger partial charge in [-0.15, -0.1) is 20.5 Å². The van der Waals surface area contributed by atoms with Crippen molar-refractivity contribution < 1.29 is 123 Å². The van der Waals surface area contributed by atoms with Gasteiger partial charge >= 0.3 is 53.2 Å². The molecule has 0 unspecified atom stereocenters. The van der Waals surface area contributed by atoms with Crippen LogP contribution in [0, 0.1) is 56.0 Å². The molecule has 0 radical (unpaired) electrons. The molecule has 8 saturated carbocycles. The van der Waals surface area contributed by atoms with Crippen LogP contribution in [0.2, 0.25) is 0 Å². The first-order valence-corrected chi connectivity index (χ1v) is 33.7. The van der Waals surface area contributed by atoms with E-state index in [2.05, 4.69) is 10.2 Å². The maximum absolute atomic E-state index is 14.7. The number of fused-ring (bicyclic) bond motifs is 4. The molecule has 85 heavy (non-hydrogen) atoms. The first kappa shape index (κ1) is 67.9. The molecular formula is C56H72CaCl2N2O22P2. The number of nitrogens with one attached hydrogen (secondary N) is 2. The second kappa shape index (κ2) is 31.2. The average Bonchev–Trinajstić information content (AvgIpc) is 1.00. The van der Waals surface area contributed by atoms with Crippen LogP contribution < -0.4 is 84.5 Å². The van der Waals surface area contributed by atoms with Crippen molar-refractivity contribution in [2.45, 2.75) is 88.1 Å². The van der Waals surface area contributed by atoms with E-state index in [0.29, 0.717) is 161 Å². The maximum Gasteiger partial charge on any atom is 2.00 e. The minimum atomic E-state index is -4.94. The van der Waals surface area contributed by atoms with E-state index in [9.17, 15) is 9.13 Å². The molecular weight excluding hydrogens is 1230 g/mol. The zero-order chi connectivity index (χ0) is 59.3. The van der Waals surface area contributed by atoms with Gasteiger partial charge in [0, 0.05) is 11.1 Å². The second-order valence-corrected chi connectivity index (χ2v) is 27.0. The third-order valence-corrected chi connectivity index (χ3v) is 19.0. The molecule has 0 spiro atoms. The van der Waals surface area contributed by atoms with Gasteiger partial charge in [0.25, 0.3) is 0 Å². The Balaban J connectivity index is 0.000000189. The molecule has 8 aliphatic carbocycles. The first-order chi connectivity index (χ1) is 40.2. The molecule has 2 N–H and O–H groups in total. The largest absolute Gasteiger partial charge is 2.00 e. The van der Waals surface area contributed by atoms with Crippen LogP contribution >= 0.6 is 15.5 Å². The Hall–Kier alpha value is -2.98. The molecule has 2 aliphatic heterocycles. The SMILES string of the molecule is O=P1(NC23CC4CC(CC(C4)C2)C3)Oc2ccccc2OCCOCCOCCOc2ccccc2O1.O=P1(NC23CC4CC(CC(C4)C2)C3)Oc2ccccc2OCCOCCOCCOc2ccccc2O1.[Ca+2].[O-][Cl+3]([O-])([O-])[O-].[O-][Cl+3]([O-])([O-])[O-]. The van der Waals surface area contributed by atoms with Crippen LogP contribution in [0.3, 0.4) is 0 Å². The van der Waals surface area contributed by atoms with Crippen LogP contribution in [0.25, 0.3) is 0 Å². The van der Waals surface area contributed by atoms with Gasteiger partial charge in [0.15, 0.2) is 46.0 Å². The van der Waals surface area contributed by atoms with Gasteiger partial charge in [0.05, 0.1) is 52.9 Å². The average molecular weight is 1300 g/mol. The van der Waals surface area contributed by atoms with Gasteiger partial charge in [0.2, 0.25) is 0 Å². The monoisotopic (exact) mass is 1300 g/mol. The predicted octanol–water partition coefficient (Wildman–Crippen LogP) is 1.34. The molecule has 4 aromatic carbocycles. The molecule has 4 aromatic rings. The predicted molar refractivity (Wildman–Crippen MR) is 283 cm³/mol. The van der Waals surface area contributed by atoms with Gasteiger partial charge in [-0.05, 0) is 161 Å². The van der Waals surface area contributed by atoms with Crippen LogP contribution in [-0.2, 0) is 28.1 Å². The van der Waals surface area contributed by atoms with E-state index in [4.69, 9.17) is 93.3 Å². The van der Waals surface area contributed by atoms with Crippen LogP contribution in [0.15, 0.2) is 97.1 Å². The molecule has 24 nitrogen and oxygen atoms in total. The summed E-state index contributed by atoms with van der Waals surface area (Å²) in [6.45, 7) is 4.80. The number of benzene rings is 4. The summed E-state index contributed by atoms with van der Waals surface area (Å²) in [5, 5.41) is 6.97. The molecule has 2 heterocycles. The van der Waals surface area contributed by atoms with Gasteiger partial charge in [-0.25, -0.2) is 46.4 Å². The second-order valence-electron chi connectivity index (χ2n) is 22.4. The Kier molecular flexibility index (Phi) is 24.9. The van der Waals surface area contributed by atoms with E-state index in [1.807, 2.05) is 48.5 Å². The van der Waals surface area contributed by atoms with Crippen molar-refractivity contribution in [3.05, 3.63) is 97.1 Å². The van der Waals surface area contributed by atoms with E-state index in [1.165, 1.54) is 38.5 Å².